The molecule has 4 rings (SSSR count). The number of benzene rings is 1. The lowest BCUT2D eigenvalue weighted by atomic mass is 10.1. The van der Waals surface area contributed by atoms with E-state index in [4.69, 9.17) is 4.74 Å². The highest BCUT2D eigenvalue weighted by molar-refractivity contribution is 6.01. The summed E-state index contributed by atoms with van der Waals surface area (Å²) in [5.41, 5.74) is -0.356. The van der Waals surface area contributed by atoms with E-state index in [1.54, 1.807) is 35.9 Å². The van der Waals surface area contributed by atoms with Gasteiger partial charge in [-0.2, -0.15) is 4.98 Å². The highest BCUT2D eigenvalue weighted by Gasteiger charge is 2.28. The zero-order chi connectivity index (χ0) is 22.4. The smallest absolute Gasteiger partial charge is 0.361 e. The average molecular weight is 424 g/mol. The van der Waals surface area contributed by atoms with Gasteiger partial charge in [0.25, 0.3) is 5.56 Å². The van der Waals surface area contributed by atoms with E-state index in [0.29, 0.717) is 16.6 Å². The van der Waals surface area contributed by atoms with Gasteiger partial charge in [-0.15, -0.1) is 5.10 Å². The highest BCUT2D eigenvalue weighted by atomic mass is 16.5. The lowest BCUT2D eigenvalue weighted by Crippen LogP contribution is -2.35. The van der Waals surface area contributed by atoms with E-state index < -0.39 is 23.2 Å². The summed E-state index contributed by atoms with van der Waals surface area (Å²) in [5, 5.41) is 8.34. The predicted octanol–water partition coefficient (Wildman–Crippen LogP) is -0.109. The van der Waals surface area contributed by atoms with Crippen molar-refractivity contribution in [1.82, 2.24) is 29.1 Å². The Morgan fingerprint density at radius 3 is 2.35 bits per heavy atom. The van der Waals surface area contributed by atoms with Crippen LogP contribution in [0.1, 0.15) is 21.0 Å². The van der Waals surface area contributed by atoms with Crippen molar-refractivity contribution < 1.29 is 19.1 Å². The normalized spacial score (nSPS) is 11.1. The molecule has 0 atom stereocenters. The minimum atomic E-state index is -0.841. The van der Waals surface area contributed by atoms with Gasteiger partial charge in [0.1, 0.15) is 0 Å². The van der Waals surface area contributed by atoms with E-state index in [9.17, 15) is 19.2 Å². The van der Waals surface area contributed by atoms with Crippen LogP contribution in [0.15, 0.2) is 33.9 Å². The Hall–Kier alpha value is -4.35. The molecule has 12 nitrogen and oxygen atoms in total. The largest absolute Gasteiger partial charge is 0.464 e. The maximum absolute atomic E-state index is 12.5. The molecular formula is C19H16N6O6. The Morgan fingerprint density at radius 2 is 1.68 bits per heavy atom. The van der Waals surface area contributed by atoms with Crippen molar-refractivity contribution in [2.45, 2.75) is 0 Å². The van der Waals surface area contributed by atoms with Crippen LogP contribution in [0, 0.1) is 0 Å². The number of methoxy groups -OCH3 is 2. The van der Waals surface area contributed by atoms with Gasteiger partial charge in [0.2, 0.25) is 5.69 Å². The lowest BCUT2D eigenvalue weighted by molar-refractivity contribution is 0.0546. The van der Waals surface area contributed by atoms with Crippen LogP contribution in [0.2, 0.25) is 0 Å². The van der Waals surface area contributed by atoms with Crippen molar-refractivity contribution >= 4 is 22.8 Å². The molecule has 0 bridgehead atoms. The first-order valence-corrected chi connectivity index (χ1v) is 8.91. The summed E-state index contributed by atoms with van der Waals surface area (Å²) in [5.74, 6) is -1.46. The first-order chi connectivity index (χ1) is 14.8. The first kappa shape index (κ1) is 19.9. The number of carbonyl (C=O) groups is 2. The molecule has 31 heavy (non-hydrogen) atoms. The second-order valence-corrected chi connectivity index (χ2v) is 6.62. The number of hydrogen-bond acceptors (Lipinski definition) is 9. The fourth-order valence-electron chi connectivity index (χ4n) is 3.29. The fraction of sp³-hybridized carbons (Fsp3) is 0.211. The number of rotatable bonds is 3. The Balaban J connectivity index is 2.01. The molecule has 0 amide bonds. The van der Waals surface area contributed by atoms with Crippen LogP contribution in [0.4, 0.5) is 0 Å². The molecule has 2 aromatic rings. The molecule has 3 heterocycles. The summed E-state index contributed by atoms with van der Waals surface area (Å²) in [6.45, 7) is 0. The highest BCUT2D eigenvalue weighted by Crippen LogP contribution is 2.25. The molecule has 0 saturated carbocycles. The van der Waals surface area contributed by atoms with Crippen molar-refractivity contribution in [3.8, 4) is 17.1 Å². The third kappa shape index (κ3) is 2.96. The van der Waals surface area contributed by atoms with Gasteiger partial charge in [-0.1, -0.05) is 11.3 Å². The molecule has 0 fully saturated rings. The predicted molar refractivity (Wildman–Crippen MR) is 106 cm³/mol. The van der Waals surface area contributed by atoms with E-state index in [1.165, 1.54) is 14.2 Å². The van der Waals surface area contributed by atoms with Crippen LogP contribution >= 0.6 is 0 Å². The standard InChI is InChI=1S/C19H16N6O6/c1-23-12-8-10(25-14(18(28)31-4)13(21-22-25)17(27)30-3)6-5-9(12)7-11-15(23)20-19(29)24(2)16(11)26/h5-8H,1-4H3. The second-order valence-electron chi connectivity index (χ2n) is 6.62. The second kappa shape index (κ2) is 7.16. The summed E-state index contributed by atoms with van der Waals surface area (Å²) in [7, 11) is 5.34. The van der Waals surface area contributed by atoms with Crippen LogP contribution in [0.3, 0.4) is 0 Å². The molecule has 0 unspecified atom stereocenters. The Labute approximate surface area is 173 Å². The fourth-order valence-corrected chi connectivity index (χ4v) is 3.29. The number of carbonyl (C=O) groups excluding carboxylic acids is 2. The quantitative estimate of drug-likeness (QED) is 0.325. The molecule has 0 N–H and O–H groups in total. The molecule has 0 aliphatic carbocycles. The minimum absolute atomic E-state index is 0.203. The summed E-state index contributed by atoms with van der Waals surface area (Å²) in [6, 6.07) is 6.62. The van der Waals surface area contributed by atoms with Crippen molar-refractivity contribution in [2.75, 3.05) is 14.2 Å². The minimum Gasteiger partial charge on any atom is -0.464 e. The van der Waals surface area contributed by atoms with Crippen molar-refractivity contribution in [3.63, 3.8) is 0 Å². The number of aryl methyl sites for hydroxylation is 1. The SMILES string of the molecule is COC(=O)c1nnn(-c2ccc3cc4c(=O)n(C)c(=O)nc-4n(C)c3c2)c1C(=O)OC. The molecule has 158 valence electrons. The van der Waals surface area contributed by atoms with Crippen LogP contribution in [-0.2, 0) is 23.6 Å². The number of nitrogens with zero attached hydrogens (tertiary/aromatic N) is 6. The molecule has 2 aliphatic heterocycles. The third-order valence-corrected chi connectivity index (χ3v) is 4.93. The Kier molecular flexibility index (Phi) is 4.61. The topological polar surface area (TPSA) is 140 Å². The van der Waals surface area contributed by atoms with Crippen LogP contribution < -0.4 is 11.2 Å². The van der Waals surface area contributed by atoms with Crippen LogP contribution in [-0.4, -0.2) is 55.3 Å². The molecule has 0 spiro atoms. The van der Waals surface area contributed by atoms with E-state index in [-0.39, 0.29) is 22.8 Å². The summed E-state index contributed by atoms with van der Waals surface area (Å²) < 4.78 is 13.1. The maximum atomic E-state index is 12.5. The zero-order valence-corrected chi connectivity index (χ0v) is 16.9. The number of pyridine rings is 1. The summed E-state index contributed by atoms with van der Waals surface area (Å²) in [4.78, 5) is 52.7. The summed E-state index contributed by atoms with van der Waals surface area (Å²) in [6.07, 6.45) is 0. The van der Waals surface area contributed by atoms with Gasteiger partial charge in [-0.3, -0.25) is 9.36 Å². The number of hydrogen-bond donors (Lipinski definition) is 0. The number of ether oxygens (including phenoxy) is 2. The molecule has 0 radical (unpaired) electrons. The molecule has 2 aliphatic rings. The Bertz CT molecular complexity index is 1460. The first-order valence-electron chi connectivity index (χ1n) is 8.91. The van der Waals surface area contributed by atoms with Crippen molar-refractivity contribution in [2.24, 2.45) is 14.1 Å². The molecule has 0 saturated heterocycles. The van der Waals surface area contributed by atoms with Crippen LogP contribution in [0.25, 0.3) is 28.0 Å². The van der Waals surface area contributed by atoms with Gasteiger partial charge in [0, 0.05) is 14.1 Å². The third-order valence-electron chi connectivity index (χ3n) is 4.93. The zero-order valence-electron chi connectivity index (χ0n) is 16.9. The van der Waals surface area contributed by atoms with E-state index in [0.717, 1.165) is 16.4 Å². The Morgan fingerprint density at radius 1 is 0.968 bits per heavy atom. The number of fused-ring (bicyclic) bond motifs is 2. The van der Waals surface area contributed by atoms with Gasteiger partial charge >= 0.3 is 17.6 Å². The molecule has 12 heteroatoms. The van der Waals surface area contributed by atoms with E-state index >= 15 is 0 Å². The maximum Gasteiger partial charge on any atom is 0.361 e. The van der Waals surface area contributed by atoms with Gasteiger partial charge in [0.05, 0.1) is 31.0 Å². The molecule has 1 aromatic heterocycles. The van der Waals surface area contributed by atoms with Gasteiger partial charge in [-0.25, -0.2) is 19.1 Å². The summed E-state index contributed by atoms with van der Waals surface area (Å²) >= 11 is 0. The van der Waals surface area contributed by atoms with Gasteiger partial charge in [0.15, 0.2) is 11.5 Å². The van der Waals surface area contributed by atoms with E-state index in [1.807, 2.05) is 0 Å². The van der Waals surface area contributed by atoms with Gasteiger partial charge < -0.3 is 14.0 Å². The van der Waals surface area contributed by atoms with Crippen LogP contribution in [0.5, 0.6) is 0 Å². The lowest BCUT2D eigenvalue weighted by Gasteiger charge is -2.15. The van der Waals surface area contributed by atoms with Crippen molar-refractivity contribution in [3.05, 3.63) is 56.5 Å². The number of esters is 2. The molecule has 1 aromatic carbocycles. The molecular weight excluding hydrogens is 408 g/mol. The monoisotopic (exact) mass is 424 g/mol. The van der Waals surface area contributed by atoms with Gasteiger partial charge in [-0.05, 0) is 23.6 Å². The average Bonchev–Trinajstić information content (AvgIpc) is 3.22. The van der Waals surface area contributed by atoms with Crippen molar-refractivity contribution in [1.29, 1.82) is 0 Å². The van der Waals surface area contributed by atoms with E-state index in [2.05, 4.69) is 20.0 Å². The number of aromatic nitrogens is 6.